The Hall–Kier alpha value is -1.36. The molecule has 1 aliphatic heterocycles. The van der Waals surface area contributed by atoms with Gasteiger partial charge in [-0.1, -0.05) is 6.07 Å². The summed E-state index contributed by atoms with van der Waals surface area (Å²) in [6.45, 7) is 0. The van der Waals surface area contributed by atoms with Crippen LogP contribution in [-0.4, -0.2) is 14.8 Å². The average Bonchev–Trinajstić information content (AvgIpc) is 2.04. The third kappa shape index (κ3) is 0.984. The highest BCUT2D eigenvalue weighted by Crippen LogP contribution is 2.24. The minimum Gasteiger partial charge on any atom is -0.270 e. The summed E-state index contributed by atoms with van der Waals surface area (Å²) in [6, 6.07) is 7.29. The van der Waals surface area contributed by atoms with Crippen molar-refractivity contribution >= 4 is 22.0 Å². The molecule has 0 atom stereocenters. The number of nitrogens with one attached hydrogen (secondary N) is 1. The van der Waals surface area contributed by atoms with E-state index in [1.54, 1.807) is 6.07 Å². The molecule has 12 heavy (non-hydrogen) atoms. The fourth-order valence-corrected chi connectivity index (χ4v) is 1.92. The fraction of sp³-hybridized carbons (Fsp3) is 0. The zero-order valence-corrected chi connectivity index (χ0v) is 6.80. The van der Waals surface area contributed by atoms with Crippen LogP contribution in [0.25, 0.3) is 0 Å². The van der Waals surface area contributed by atoms with Crippen molar-refractivity contribution in [2.75, 3.05) is 0 Å². The molecule has 0 aromatic heterocycles. The molecule has 0 amide bonds. The van der Waals surface area contributed by atoms with Crippen LogP contribution in [-0.2, 0) is 10.0 Å². The Bertz CT molecular complexity index is 436. The molecule has 1 aliphatic rings. The van der Waals surface area contributed by atoms with Crippen LogP contribution in [0, 0.1) is 6.07 Å². The lowest BCUT2D eigenvalue weighted by Crippen LogP contribution is -2.24. The summed E-state index contributed by atoms with van der Waals surface area (Å²) in [7, 11) is -3.36. The Kier molecular flexibility index (Phi) is 1.41. The van der Waals surface area contributed by atoms with Crippen molar-refractivity contribution in [2.45, 2.75) is 4.90 Å². The first-order valence-corrected chi connectivity index (χ1v) is 4.73. The van der Waals surface area contributed by atoms with Crippen LogP contribution < -0.4 is 4.72 Å². The summed E-state index contributed by atoms with van der Waals surface area (Å²) in [6.07, 6.45) is 1.16. The Morgan fingerprint density at radius 2 is 2.33 bits per heavy atom. The van der Waals surface area contributed by atoms with E-state index in [1.807, 2.05) is 0 Å². The van der Waals surface area contributed by atoms with Crippen LogP contribution in [0.2, 0.25) is 0 Å². The zero-order chi connectivity index (χ0) is 8.60. The van der Waals surface area contributed by atoms with Crippen LogP contribution in [0.3, 0.4) is 0 Å². The number of nitrogens with zero attached hydrogens (tertiary/aromatic N) is 1. The maximum absolute atomic E-state index is 11.3. The molecular formula is C7H5N2O2S. The van der Waals surface area contributed by atoms with Crippen molar-refractivity contribution in [3.8, 4) is 0 Å². The summed E-state index contributed by atoms with van der Waals surface area (Å²) in [5.74, 6) is 0. The molecule has 1 radical (unpaired) electrons. The van der Waals surface area contributed by atoms with Crippen molar-refractivity contribution in [2.24, 2.45) is 4.99 Å². The van der Waals surface area contributed by atoms with Gasteiger partial charge in [0.15, 0.2) is 0 Å². The number of hydrogen-bond donors (Lipinski definition) is 1. The van der Waals surface area contributed by atoms with Gasteiger partial charge >= 0.3 is 0 Å². The molecular weight excluding hydrogens is 176 g/mol. The molecule has 61 valence electrons. The molecule has 1 heterocycles. The second kappa shape index (κ2) is 2.31. The minimum atomic E-state index is -3.36. The van der Waals surface area contributed by atoms with Crippen LogP contribution in [0.15, 0.2) is 28.1 Å². The van der Waals surface area contributed by atoms with Crippen LogP contribution >= 0.6 is 0 Å². The fourth-order valence-electron chi connectivity index (χ4n) is 0.964. The van der Waals surface area contributed by atoms with Crippen molar-refractivity contribution in [3.05, 3.63) is 24.3 Å². The van der Waals surface area contributed by atoms with Gasteiger partial charge in [-0.15, -0.1) is 0 Å². The van der Waals surface area contributed by atoms with Crippen LogP contribution in [0.4, 0.5) is 5.69 Å². The second-order valence-corrected chi connectivity index (χ2v) is 3.96. The molecule has 1 aromatic carbocycles. The van der Waals surface area contributed by atoms with Crippen molar-refractivity contribution < 1.29 is 8.42 Å². The summed E-state index contributed by atoms with van der Waals surface area (Å²) in [4.78, 5) is 4.04. The quantitative estimate of drug-likeness (QED) is 0.631. The molecule has 1 aromatic rings. The topological polar surface area (TPSA) is 58.5 Å². The number of hydrogen-bond acceptors (Lipinski definition) is 3. The van der Waals surface area contributed by atoms with Gasteiger partial charge in [0.05, 0.1) is 5.69 Å². The number of aliphatic imine (C=N–C) groups is 1. The van der Waals surface area contributed by atoms with E-state index in [4.69, 9.17) is 0 Å². The van der Waals surface area contributed by atoms with E-state index in [0.29, 0.717) is 5.69 Å². The number of rotatable bonds is 0. The van der Waals surface area contributed by atoms with E-state index < -0.39 is 10.0 Å². The molecule has 0 bridgehead atoms. The molecule has 2 rings (SSSR count). The first-order valence-electron chi connectivity index (χ1n) is 3.25. The van der Waals surface area contributed by atoms with Gasteiger partial charge in [-0.05, 0) is 18.2 Å². The predicted molar refractivity (Wildman–Crippen MR) is 43.8 cm³/mol. The number of benzene rings is 1. The molecule has 0 spiro atoms. The van der Waals surface area contributed by atoms with Gasteiger partial charge in [-0.2, -0.15) is 0 Å². The molecule has 0 aliphatic carbocycles. The Balaban J connectivity index is 2.77. The molecule has 0 fully saturated rings. The summed E-state index contributed by atoms with van der Waals surface area (Å²) < 4.78 is 24.7. The average molecular weight is 181 g/mol. The van der Waals surface area contributed by atoms with Gasteiger partial charge in [0.2, 0.25) is 0 Å². The lowest BCUT2D eigenvalue weighted by Gasteiger charge is -2.10. The van der Waals surface area contributed by atoms with Gasteiger partial charge in [0, 0.05) is 0 Å². The first-order chi connectivity index (χ1) is 5.70. The van der Waals surface area contributed by atoms with Crippen LogP contribution in [0.5, 0.6) is 0 Å². The second-order valence-electron chi connectivity index (χ2n) is 2.27. The van der Waals surface area contributed by atoms with E-state index in [-0.39, 0.29) is 4.90 Å². The summed E-state index contributed by atoms with van der Waals surface area (Å²) in [5, 5.41) is 0. The van der Waals surface area contributed by atoms with Crippen molar-refractivity contribution in [1.29, 1.82) is 0 Å². The molecule has 0 saturated heterocycles. The maximum Gasteiger partial charge on any atom is 0.264 e. The summed E-state index contributed by atoms with van der Waals surface area (Å²) >= 11 is 0. The monoisotopic (exact) mass is 181 g/mol. The lowest BCUT2D eigenvalue weighted by atomic mass is 10.3. The van der Waals surface area contributed by atoms with Crippen LogP contribution in [0.1, 0.15) is 0 Å². The number of fused-ring (bicyclic) bond motifs is 1. The normalized spacial score (nSPS) is 18.0. The SMILES string of the molecule is O=S1(=O)NC=Nc2c[c]ccc21. The minimum absolute atomic E-state index is 0.198. The highest BCUT2D eigenvalue weighted by atomic mass is 32.2. The Labute approximate surface area is 70.0 Å². The van der Waals surface area contributed by atoms with Gasteiger partial charge < -0.3 is 0 Å². The maximum atomic E-state index is 11.3. The Morgan fingerprint density at radius 1 is 1.50 bits per heavy atom. The van der Waals surface area contributed by atoms with E-state index in [9.17, 15) is 8.42 Å². The first kappa shape index (κ1) is 7.30. The number of sulfonamides is 1. The molecule has 5 heteroatoms. The van der Waals surface area contributed by atoms with E-state index in [0.717, 1.165) is 6.34 Å². The van der Waals surface area contributed by atoms with Gasteiger partial charge in [0.1, 0.15) is 11.2 Å². The predicted octanol–water partition coefficient (Wildman–Crippen LogP) is 0.438. The van der Waals surface area contributed by atoms with Crippen molar-refractivity contribution in [1.82, 2.24) is 4.72 Å². The van der Waals surface area contributed by atoms with E-state index in [1.165, 1.54) is 12.1 Å². The third-order valence-electron chi connectivity index (χ3n) is 1.50. The molecule has 4 nitrogen and oxygen atoms in total. The lowest BCUT2D eigenvalue weighted by molar-refractivity contribution is 0.592. The van der Waals surface area contributed by atoms with Crippen molar-refractivity contribution in [3.63, 3.8) is 0 Å². The smallest absolute Gasteiger partial charge is 0.264 e. The Morgan fingerprint density at radius 3 is 3.08 bits per heavy atom. The van der Waals surface area contributed by atoms with E-state index >= 15 is 0 Å². The standard InChI is InChI=1S/C7H5N2O2S/c10-12(11)7-4-2-1-3-6(7)8-5-9-12/h2-5H,(H,8,9). The van der Waals surface area contributed by atoms with Gasteiger partial charge in [-0.3, -0.25) is 4.72 Å². The molecule has 0 unspecified atom stereocenters. The highest BCUT2D eigenvalue weighted by molar-refractivity contribution is 7.90. The highest BCUT2D eigenvalue weighted by Gasteiger charge is 2.19. The molecule has 1 N–H and O–H groups in total. The van der Waals surface area contributed by atoms with Gasteiger partial charge in [0.25, 0.3) is 10.0 Å². The summed E-state index contributed by atoms with van der Waals surface area (Å²) in [5.41, 5.74) is 0.427. The van der Waals surface area contributed by atoms with E-state index in [2.05, 4.69) is 15.8 Å². The zero-order valence-electron chi connectivity index (χ0n) is 5.98. The molecule has 0 saturated carbocycles. The largest absolute Gasteiger partial charge is 0.270 e. The third-order valence-corrected chi connectivity index (χ3v) is 2.84. The van der Waals surface area contributed by atoms with Gasteiger partial charge in [-0.25, -0.2) is 13.4 Å².